The highest BCUT2D eigenvalue weighted by Gasteiger charge is 2.15. The van der Waals surface area contributed by atoms with Crippen molar-refractivity contribution in [2.75, 3.05) is 14.2 Å². The lowest BCUT2D eigenvalue weighted by molar-refractivity contribution is 0.0994. The van der Waals surface area contributed by atoms with Gasteiger partial charge in [0.05, 0.1) is 30.0 Å². The van der Waals surface area contributed by atoms with Gasteiger partial charge in [-0.3, -0.25) is 4.79 Å². The van der Waals surface area contributed by atoms with Crippen molar-refractivity contribution in [1.82, 2.24) is 4.57 Å². The molecule has 0 saturated heterocycles. The van der Waals surface area contributed by atoms with E-state index in [1.54, 1.807) is 31.4 Å². The average Bonchev–Trinajstić information content (AvgIpc) is 3.03. The Bertz CT molecular complexity index is 1090. The number of nitrogens with zero attached hydrogens (tertiary/aromatic N) is 2. The quantitative estimate of drug-likeness (QED) is 0.564. The monoisotopic (exact) mass is 396 g/mol. The predicted molar refractivity (Wildman–Crippen MR) is 114 cm³/mol. The number of hydrogen-bond acceptors (Lipinski definition) is 4. The van der Waals surface area contributed by atoms with Crippen molar-refractivity contribution in [1.29, 1.82) is 0 Å². The Hall–Kier alpha value is -2.86. The number of fused-ring (bicyclic) bond motifs is 1. The van der Waals surface area contributed by atoms with Crippen LogP contribution in [0.25, 0.3) is 10.2 Å². The number of ether oxygens (including phenoxy) is 2. The number of allylic oxidation sites excluding steroid dienone is 1. The van der Waals surface area contributed by atoms with Crippen LogP contribution in [0.4, 0.5) is 0 Å². The summed E-state index contributed by atoms with van der Waals surface area (Å²) in [5.41, 5.74) is 2.66. The molecule has 1 heterocycles. The second-order valence-electron chi connectivity index (χ2n) is 6.65. The zero-order valence-electron chi connectivity index (χ0n) is 16.6. The SMILES string of the molecule is C=CCn1c(=NC(=O)c2cc(OC)ccc2OC)sc2cc(C(C)C)ccc21. The average molecular weight is 397 g/mol. The third-order valence-corrected chi connectivity index (χ3v) is 5.56. The molecule has 6 heteroatoms. The number of amides is 1. The van der Waals surface area contributed by atoms with Gasteiger partial charge in [0.25, 0.3) is 5.91 Å². The third-order valence-electron chi connectivity index (χ3n) is 4.52. The molecule has 0 aliphatic carbocycles. The first-order chi connectivity index (χ1) is 13.5. The molecule has 0 spiro atoms. The van der Waals surface area contributed by atoms with Gasteiger partial charge in [0.2, 0.25) is 0 Å². The lowest BCUT2D eigenvalue weighted by Crippen LogP contribution is -2.16. The molecule has 1 amide bonds. The summed E-state index contributed by atoms with van der Waals surface area (Å²) in [5.74, 6) is 1.11. The molecule has 1 aromatic heterocycles. The lowest BCUT2D eigenvalue weighted by atomic mass is 10.0. The van der Waals surface area contributed by atoms with Crippen LogP contribution < -0.4 is 14.3 Å². The van der Waals surface area contributed by atoms with Crippen LogP contribution in [-0.2, 0) is 6.54 Å². The summed E-state index contributed by atoms with van der Waals surface area (Å²) in [6.07, 6.45) is 1.80. The normalized spacial score (nSPS) is 11.8. The van der Waals surface area contributed by atoms with Crippen molar-refractivity contribution in [3.63, 3.8) is 0 Å². The van der Waals surface area contributed by atoms with Crippen LogP contribution in [0.15, 0.2) is 54.0 Å². The first kappa shape index (κ1) is 19.9. The Morgan fingerprint density at radius 3 is 2.64 bits per heavy atom. The molecule has 5 nitrogen and oxygen atoms in total. The van der Waals surface area contributed by atoms with Crippen LogP contribution in [0.2, 0.25) is 0 Å². The summed E-state index contributed by atoms with van der Waals surface area (Å²) in [5, 5.41) is 0. The van der Waals surface area contributed by atoms with Crippen molar-refractivity contribution < 1.29 is 14.3 Å². The van der Waals surface area contributed by atoms with Crippen molar-refractivity contribution >= 4 is 27.5 Å². The molecule has 146 valence electrons. The largest absolute Gasteiger partial charge is 0.497 e. The zero-order chi connectivity index (χ0) is 20.3. The summed E-state index contributed by atoms with van der Waals surface area (Å²) in [6.45, 7) is 8.74. The molecular weight excluding hydrogens is 372 g/mol. The van der Waals surface area contributed by atoms with E-state index in [2.05, 4.69) is 43.6 Å². The Kier molecular flexibility index (Phi) is 5.99. The van der Waals surface area contributed by atoms with Gasteiger partial charge < -0.3 is 14.0 Å². The van der Waals surface area contributed by atoms with Gasteiger partial charge in [0.15, 0.2) is 4.80 Å². The van der Waals surface area contributed by atoms with Crippen LogP contribution >= 0.6 is 11.3 Å². The first-order valence-electron chi connectivity index (χ1n) is 9.03. The number of aromatic nitrogens is 1. The Labute approximate surface area is 168 Å². The van der Waals surface area contributed by atoms with Gasteiger partial charge in [0, 0.05) is 6.54 Å². The Morgan fingerprint density at radius 2 is 2.00 bits per heavy atom. The maximum absolute atomic E-state index is 12.9. The molecule has 3 rings (SSSR count). The molecule has 2 aromatic carbocycles. The van der Waals surface area contributed by atoms with Crippen LogP contribution in [0.5, 0.6) is 11.5 Å². The van der Waals surface area contributed by atoms with Gasteiger partial charge in [-0.2, -0.15) is 4.99 Å². The van der Waals surface area contributed by atoms with Crippen molar-refractivity contribution in [3.05, 3.63) is 65.0 Å². The third kappa shape index (κ3) is 3.87. The molecule has 0 fully saturated rings. The van der Waals surface area contributed by atoms with Gasteiger partial charge in [-0.05, 0) is 41.8 Å². The number of hydrogen-bond donors (Lipinski definition) is 0. The van der Waals surface area contributed by atoms with Gasteiger partial charge in [-0.1, -0.05) is 37.3 Å². The summed E-state index contributed by atoms with van der Waals surface area (Å²) >= 11 is 1.50. The summed E-state index contributed by atoms with van der Waals surface area (Å²) in [7, 11) is 3.09. The highest BCUT2D eigenvalue weighted by atomic mass is 32.1. The van der Waals surface area contributed by atoms with Crippen molar-refractivity contribution in [3.8, 4) is 11.5 Å². The minimum absolute atomic E-state index is 0.368. The Morgan fingerprint density at radius 1 is 1.21 bits per heavy atom. The second kappa shape index (κ2) is 8.44. The topological polar surface area (TPSA) is 52.8 Å². The van der Waals surface area contributed by atoms with E-state index in [0.717, 1.165) is 10.2 Å². The minimum Gasteiger partial charge on any atom is -0.497 e. The fraction of sp³-hybridized carbons (Fsp3) is 0.273. The molecule has 0 unspecified atom stereocenters. The van der Waals surface area contributed by atoms with Crippen LogP contribution in [0, 0.1) is 0 Å². The summed E-state index contributed by atoms with van der Waals surface area (Å²) < 4.78 is 13.7. The number of methoxy groups -OCH3 is 2. The lowest BCUT2D eigenvalue weighted by Gasteiger charge is -2.07. The van der Waals surface area contributed by atoms with E-state index in [1.807, 2.05) is 4.57 Å². The molecule has 0 bridgehead atoms. The van der Waals surface area contributed by atoms with Crippen LogP contribution in [-0.4, -0.2) is 24.7 Å². The van der Waals surface area contributed by atoms with E-state index in [4.69, 9.17) is 9.47 Å². The van der Waals surface area contributed by atoms with Crippen molar-refractivity contribution in [2.24, 2.45) is 4.99 Å². The number of rotatable bonds is 6. The molecule has 0 N–H and O–H groups in total. The molecule has 0 radical (unpaired) electrons. The number of benzene rings is 2. The minimum atomic E-state index is -0.371. The molecular formula is C22H24N2O3S. The molecule has 0 saturated carbocycles. The van der Waals surface area contributed by atoms with E-state index in [-0.39, 0.29) is 5.91 Å². The second-order valence-corrected chi connectivity index (χ2v) is 7.66. The van der Waals surface area contributed by atoms with Gasteiger partial charge in [-0.25, -0.2) is 0 Å². The molecule has 0 aliphatic heterocycles. The number of carbonyl (C=O) groups excluding carboxylic acids is 1. The highest BCUT2D eigenvalue weighted by Crippen LogP contribution is 2.26. The number of thiazole rings is 1. The molecule has 28 heavy (non-hydrogen) atoms. The van der Waals surface area contributed by atoms with E-state index in [1.165, 1.54) is 24.0 Å². The Balaban J connectivity index is 2.16. The van der Waals surface area contributed by atoms with E-state index >= 15 is 0 Å². The van der Waals surface area contributed by atoms with Crippen LogP contribution in [0.3, 0.4) is 0 Å². The van der Waals surface area contributed by atoms with E-state index in [9.17, 15) is 4.79 Å². The van der Waals surface area contributed by atoms with Gasteiger partial charge >= 0.3 is 0 Å². The summed E-state index contributed by atoms with van der Waals surface area (Å²) in [4.78, 5) is 18.0. The maximum Gasteiger partial charge on any atom is 0.283 e. The molecule has 3 aromatic rings. The summed E-state index contributed by atoms with van der Waals surface area (Å²) in [6, 6.07) is 11.5. The molecule has 0 aliphatic rings. The fourth-order valence-corrected chi connectivity index (χ4v) is 4.05. The van der Waals surface area contributed by atoms with Crippen LogP contribution in [0.1, 0.15) is 35.7 Å². The number of carbonyl (C=O) groups is 1. The maximum atomic E-state index is 12.9. The fourth-order valence-electron chi connectivity index (χ4n) is 2.97. The standard InChI is InChI=1S/C22H24N2O3S/c1-6-11-24-18-9-7-15(14(2)3)12-20(18)28-22(24)23-21(25)17-13-16(26-4)8-10-19(17)27-5/h6-10,12-14H,1,11H2,2-5H3. The van der Waals surface area contributed by atoms with E-state index < -0.39 is 0 Å². The highest BCUT2D eigenvalue weighted by molar-refractivity contribution is 7.16. The van der Waals surface area contributed by atoms with E-state index in [0.29, 0.717) is 34.3 Å². The van der Waals surface area contributed by atoms with Crippen molar-refractivity contribution in [2.45, 2.75) is 26.3 Å². The molecule has 0 atom stereocenters. The van der Waals surface area contributed by atoms with Gasteiger partial charge in [-0.15, -0.1) is 6.58 Å². The smallest absolute Gasteiger partial charge is 0.283 e. The van der Waals surface area contributed by atoms with Gasteiger partial charge in [0.1, 0.15) is 11.5 Å². The first-order valence-corrected chi connectivity index (χ1v) is 9.85. The predicted octanol–water partition coefficient (Wildman–Crippen LogP) is 4.77. The zero-order valence-corrected chi connectivity index (χ0v) is 17.4.